The predicted molar refractivity (Wildman–Crippen MR) is 135 cm³/mol. The van der Waals surface area contributed by atoms with E-state index in [1.807, 2.05) is 45.1 Å². The van der Waals surface area contributed by atoms with Gasteiger partial charge in [-0.1, -0.05) is 51.5 Å². The van der Waals surface area contributed by atoms with E-state index in [1.165, 1.54) is 0 Å². The standard InChI is InChI=1S/C28H42N2O6/c1-5-6-14-29-15-11-13-28-21(22-26(34)35-16-10-8-7-9-12-27(22,4)36-28)24(32)30(23(28)25(29)33)20(18-31)17-19(2)3/h9,11-13,19-23,31H,5-8,10,14-18H2,1-4H3/b12-9-/t20-,21+,22-,23?,27+,28+/m1/s1. The van der Waals surface area contributed by atoms with Crippen LogP contribution in [0.3, 0.4) is 0 Å². The molecule has 0 saturated carbocycles. The second-order valence-electron chi connectivity index (χ2n) is 11.3. The summed E-state index contributed by atoms with van der Waals surface area (Å²) in [4.78, 5) is 45.3. The number of aliphatic hydroxyl groups excluding tert-OH is 1. The molecule has 4 heterocycles. The lowest BCUT2D eigenvalue weighted by Crippen LogP contribution is -2.59. The first kappa shape index (κ1) is 26.9. The third kappa shape index (κ3) is 4.51. The van der Waals surface area contributed by atoms with Gasteiger partial charge >= 0.3 is 5.97 Å². The van der Waals surface area contributed by atoms with Crippen LogP contribution in [-0.4, -0.2) is 82.3 Å². The second kappa shape index (κ2) is 10.7. The molecule has 8 nitrogen and oxygen atoms in total. The predicted octanol–water partition coefficient (Wildman–Crippen LogP) is 2.85. The van der Waals surface area contributed by atoms with E-state index in [1.54, 1.807) is 9.80 Å². The van der Waals surface area contributed by atoms with E-state index in [2.05, 4.69) is 6.92 Å². The van der Waals surface area contributed by atoms with Crippen molar-refractivity contribution in [3.05, 3.63) is 24.3 Å². The van der Waals surface area contributed by atoms with E-state index < -0.39 is 41.1 Å². The molecule has 0 aromatic rings. The smallest absolute Gasteiger partial charge is 0.313 e. The van der Waals surface area contributed by atoms with Gasteiger partial charge in [0.1, 0.15) is 17.6 Å². The molecule has 6 atom stereocenters. The molecule has 8 heteroatoms. The van der Waals surface area contributed by atoms with Crippen LogP contribution in [0.25, 0.3) is 0 Å². The number of likely N-dealkylation sites (tertiary alicyclic amines) is 1. The minimum Gasteiger partial charge on any atom is -0.465 e. The Balaban J connectivity index is 1.86. The topological polar surface area (TPSA) is 96.4 Å². The lowest BCUT2D eigenvalue weighted by atomic mass is 9.74. The first-order chi connectivity index (χ1) is 17.2. The van der Waals surface area contributed by atoms with Gasteiger partial charge in [0.05, 0.1) is 30.8 Å². The zero-order chi connectivity index (χ0) is 26.1. The van der Waals surface area contributed by atoms with Crippen molar-refractivity contribution in [2.75, 3.05) is 26.3 Å². The van der Waals surface area contributed by atoms with Crippen LogP contribution in [0, 0.1) is 17.8 Å². The number of fused-ring (bicyclic) bond motifs is 2. The molecule has 200 valence electrons. The minimum atomic E-state index is -1.31. The summed E-state index contributed by atoms with van der Waals surface area (Å²) in [6.07, 6.45) is 12.5. The molecule has 2 amide bonds. The number of aliphatic hydroxyl groups is 1. The van der Waals surface area contributed by atoms with Gasteiger partial charge in [0.2, 0.25) is 11.8 Å². The largest absolute Gasteiger partial charge is 0.465 e. The van der Waals surface area contributed by atoms with E-state index in [0.29, 0.717) is 26.1 Å². The average molecular weight is 503 g/mol. The van der Waals surface area contributed by atoms with Gasteiger partial charge in [0, 0.05) is 13.1 Å². The number of carbonyl (C=O) groups is 3. The highest BCUT2D eigenvalue weighted by molar-refractivity contribution is 5.99. The van der Waals surface area contributed by atoms with Gasteiger partial charge in [-0.2, -0.15) is 0 Å². The molecule has 0 bridgehead atoms. The Bertz CT molecular complexity index is 916. The quantitative estimate of drug-likeness (QED) is 0.425. The van der Waals surface area contributed by atoms with Gasteiger partial charge in [-0.05, 0) is 44.9 Å². The molecule has 0 aromatic carbocycles. The van der Waals surface area contributed by atoms with Crippen LogP contribution in [0.2, 0.25) is 0 Å². The number of ether oxygens (including phenoxy) is 2. The average Bonchev–Trinajstić information content (AvgIpc) is 3.17. The van der Waals surface area contributed by atoms with Crippen LogP contribution in [-0.2, 0) is 23.9 Å². The molecule has 4 aliphatic heterocycles. The van der Waals surface area contributed by atoms with E-state index in [9.17, 15) is 19.5 Å². The van der Waals surface area contributed by atoms with Crippen molar-refractivity contribution < 1.29 is 29.0 Å². The van der Waals surface area contributed by atoms with Gasteiger partial charge < -0.3 is 24.4 Å². The molecule has 0 radical (unpaired) electrons. The van der Waals surface area contributed by atoms with Crippen molar-refractivity contribution in [2.45, 2.75) is 89.5 Å². The van der Waals surface area contributed by atoms with Crippen molar-refractivity contribution in [1.82, 2.24) is 9.80 Å². The molecule has 36 heavy (non-hydrogen) atoms. The number of cyclic esters (lactones) is 1. The molecule has 4 aliphatic rings. The Hall–Kier alpha value is -2.19. The van der Waals surface area contributed by atoms with Crippen LogP contribution in [0.5, 0.6) is 0 Å². The Morgan fingerprint density at radius 3 is 2.58 bits per heavy atom. The van der Waals surface area contributed by atoms with Crippen LogP contribution < -0.4 is 0 Å². The number of amides is 2. The maximum absolute atomic E-state index is 14.3. The summed E-state index contributed by atoms with van der Waals surface area (Å²) in [7, 11) is 0. The van der Waals surface area contributed by atoms with E-state index in [-0.39, 0.29) is 24.3 Å². The van der Waals surface area contributed by atoms with E-state index >= 15 is 0 Å². The molecule has 2 saturated heterocycles. The summed E-state index contributed by atoms with van der Waals surface area (Å²) in [6.45, 7) is 8.99. The fourth-order valence-electron chi connectivity index (χ4n) is 6.55. The summed E-state index contributed by atoms with van der Waals surface area (Å²) < 4.78 is 12.5. The summed E-state index contributed by atoms with van der Waals surface area (Å²) >= 11 is 0. The van der Waals surface area contributed by atoms with Crippen molar-refractivity contribution in [1.29, 1.82) is 0 Å². The third-order valence-electron chi connectivity index (χ3n) is 8.15. The zero-order valence-electron chi connectivity index (χ0n) is 22.2. The highest BCUT2D eigenvalue weighted by Gasteiger charge is 2.75. The van der Waals surface area contributed by atoms with Crippen LogP contribution >= 0.6 is 0 Å². The molecule has 1 spiro atoms. The maximum Gasteiger partial charge on any atom is 0.313 e. The zero-order valence-corrected chi connectivity index (χ0v) is 22.2. The molecular formula is C28H42N2O6. The van der Waals surface area contributed by atoms with Crippen molar-refractivity contribution in [2.24, 2.45) is 17.8 Å². The van der Waals surface area contributed by atoms with Gasteiger partial charge in [0.15, 0.2) is 0 Å². The Morgan fingerprint density at radius 2 is 1.89 bits per heavy atom. The fourth-order valence-corrected chi connectivity index (χ4v) is 6.55. The SMILES string of the molecule is CCCCN1CC=C[C@]23O[C@@]4(C)/C=C\CCCCOC(=O)[C@H]4[C@H]2C(=O)N([C@@H](CO)CC(C)C)C3C1=O. The summed E-state index contributed by atoms with van der Waals surface area (Å²) in [6, 6.07) is -1.49. The number of carbonyl (C=O) groups excluding carboxylic acids is 3. The number of hydrogen-bond acceptors (Lipinski definition) is 6. The first-order valence-corrected chi connectivity index (χ1v) is 13.6. The van der Waals surface area contributed by atoms with Crippen molar-refractivity contribution in [3.63, 3.8) is 0 Å². The lowest BCUT2D eigenvalue weighted by Gasteiger charge is -2.40. The Kier molecular flexibility index (Phi) is 7.95. The van der Waals surface area contributed by atoms with Gasteiger partial charge in [0.25, 0.3) is 0 Å². The molecule has 2 fully saturated rings. The molecule has 4 rings (SSSR count). The summed E-state index contributed by atoms with van der Waals surface area (Å²) in [5, 5.41) is 10.4. The fraction of sp³-hybridized carbons (Fsp3) is 0.750. The summed E-state index contributed by atoms with van der Waals surface area (Å²) in [5.41, 5.74) is -2.40. The van der Waals surface area contributed by atoms with Crippen LogP contribution in [0.4, 0.5) is 0 Å². The highest BCUT2D eigenvalue weighted by Crippen LogP contribution is 2.57. The number of esters is 1. The van der Waals surface area contributed by atoms with E-state index in [0.717, 1.165) is 32.1 Å². The summed E-state index contributed by atoms with van der Waals surface area (Å²) in [5.74, 6) is -2.55. The monoisotopic (exact) mass is 502 g/mol. The number of allylic oxidation sites excluding steroid dienone is 1. The Labute approximate surface area is 214 Å². The molecular weight excluding hydrogens is 460 g/mol. The number of hydrogen-bond donors (Lipinski definition) is 1. The number of unbranched alkanes of at least 4 members (excludes halogenated alkanes) is 1. The second-order valence-corrected chi connectivity index (χ2v) is 11.3. The molecule has 1 N–H and O–H groups in total. The van der Waals surface area contributed by atoms with Crippen LogP contribution in [0.15, 0.2) is 24.3 Å². The Morgan fingerprint density at radius 1 is 1.11 bits per heavy atom. The maximum atomic E-state index is 14.3. The van der Waals surface area contributed by atoms with Crippen LogP contribution in [0.1, 0.15) is 66.2 Å². The number of nitrogens with zero attached hydrogens (tertiary/aromatic N) is 2. The van der Waals surface area contributed by atoms with Crippen molar-refractivity contribution in [3.8, 4) is 0 Å². The van der Waals surface area contributed by atoms with Gasteiger partial charge in [-0.15, -0.1) is 0 Å². The van der Waals surface area contributed by atoms with Gasteiger partial charge in [-0.3, -0.25) is 14.4 Å². The molecule has 0 aromatic heterocycles. The first-order valence-electron chi connectivity index (χ1n) is 13.6. The molecule has 0 aliphatic carbocycles. The normalized spacial score (nSPS) is 36.3. The highest BCUT2D eigenvalue weighted by atomic mass is 16.6. The van der Waals surface area contributed by atoms with Crippen molar-refractivity contribution >= 4 is 17.8 Å². The minimum absolute atomic E-state index is 0.184. The third-order valence-corrected chi connectivity index (χ3v) is 8.15. The number of rotatable bonds is 7. The molecule has 1 unspecified atom stereocenters. The van der Waals surface area contributed by atoms with E-state index in [4.69, 9.17) is 9.47 Å². The van der Waals surface area contributed by atoms with Gasteiger partial charge in [-0.25, -0.2) is 0 Å². The lowest BCUT2D eigenvalue weighted by molar-refractivity contribution is -0.162.